The number of aromatic nitrogens is 2. The summed E-state index contributed by atoms with van der Waals surface area (Å²) < 4.78 is 28.3. The third-order valence-corrected chi connectivity index (χ3v) is 4.89. The molecule has 3 aromatic carbocycles. The number of halogens is 2. The number of hydrogen-bond acceptors (Lipinski definition) is 4. The number of para-hydroxylation sites is 1. The van der Waals surface area contributed by atoms with Crippen molar-refractivity contribution in [2.75, 3.05) is 15.5 Å². The van der Waals surface area contributed by atoms with Gasteiger partial charge in [-0.25, -0.2) is 23.5 Å². The van der Waals surface area contributed by atoms with Crippen molar-refractivity contribution in [3.63, 3.8) is 0 Å². The van der Waals surface area contributed by atoms with Crippen LogP contribution in [0.3, 0.4) is 0 Å². The minimum atomic E-state index is -0.702. The average molecular weight is 445 g/mol. The second-order valence-electron chi connectivity index (χ2n) is 7.24. The zero-order chi connectivity index (χ0) is 23.2. The summed E-state index contributed by atoms with van der Waals surface area (Å²) in [6, 6.07) is 21.7. The predicted octanol–water partition coefficient (Wildman–Crippen LogP) is 6.30. The van der Waals surface area contributed by atoms with Gasteiger partial charge in [0, 0.05) is 18.0 Å². The van der Waals surface area contributed by atoms with Crippen molar-refractivity contribution in [3.8, 4) is 0 Å². The highest BCUT2D eigenvalue weighted by Gasteiger charge is 2.23. The number of nitrogens with zero attached hydrogens (tertiary/aromatic N) is 3. The molecule has 4 aromatic rings. The van der Waals surface area contributed by atoms with Crippen molar-refractivity contribution in [2.45, 2.75) is 13.0 Å². The molecule has 1 atom stereocenters. The monoisotopic (exact) mass is 445 g/mol. The van der Waals surface area contributed by atoms with Crippen LogP contribution in [0.1, 0.15) is 18.5 Å². The molecule has 0 aliphatic heterocycles. The molecule has 1 heterocycles. The van der Waals surface area contributed by atoms with Crippen LogP contribution >= 0.6 is 0 Å². The molecule has 4 rings (SSSR count). The highest BCUT2D eigenvalue weighted by molar-refractivity contribution is 6.06. The fourth-order valence-electron chi connectivity index (χ4n) is 3.28. The number of carbonyl (C=O) groups is 1. The maximum Gasteiger partial charge on any atom is 0.332 e. The summed E-state index contributed by atoms with van der Waals surface area (Å²) in [5.74, 6) is -0.707. The molecule has 33 heavy (non-hydrogen) atoms. The molecule has 0 spiro atoms. The molecule has 0 aliphatic rings. The summed E-state index contributed by atoms with van der Waals surface area (Å²) in [5, 5.41) is 5.78. The van der Waals surface area contributed by atoms with Gasteiger partial charge in [0.2, 0.25) is 5.95 Å². The van der Waals surface area contributed by atoms with Gasteiger partial charge in [0.1, 0.15) is 17.5 Å². The van der Waals surface area contributed by atoms with Crippen molar-refractivity contribution in [3.05, 3.63) is 108 Å². The first-order valence-electron chi connectivity index (χ1n) is 10.3. The van der Waals surface area contributed by atoms with E-state index in [4.69, 9.17) is 0 Å². The molecule has 2 amide bonds. The van der Waals surface area contributed by atoms with Crippen LogP contribution in [-0.4, -0.2) is 16.0 Å². The number of urea groups is 1. The second-order valence-corrected chi connectivity index (χ2v) is 7.24. The van der Waals surface area contributed by atoms with Gasteiger partial charge < -0.3 is 10.6 Å². The Labute approximate surface area is 189 Å². The maximum absolute atomic E-state index is 14.7. The van der Waals surface area contributed by atoms with Crippen LogP contribution in [0.15, 0.2) is 91.1 Å². The summed E-state index contributed by atoms with van der Waals surface area (Å²) in [5.41, 5.74) is 1.25. The fourth-order valence-corrected chi connectivity index (χ4v) is 3.28. The highest BCUT2D eigenvalue weighted by atomic mass is 19.1. The van der Waals surface area contributed by atoms with E-state index in [1.807, 2.05) is 37.3 Å². The van der Waals surface area contributed by atoms with E-state index in [2.05, 4.69) is 20.6 Å². The Balaban J connectivity index is 1.66. The Morgan fingerprint density at radius 1 is 0.939 bits per heavy atom. The largest absolute Gasteiger partial charge is 0.348 e. The zero-order valence-electron chi connectivity index (χ0n) is 17.7. The molecule has 166 valence electrons. The molecule has 0 fully saturated rings. The van der Waals surface area contributed by atoms with Gasteiger partial charge >= 0.3 is 6.03 Å². The van der Waals surface area contributed by atoms with E-state index in [9.17, 15) is 13.6 Å². The molecule has 0 saturated carbocycles. The molecular formula is C25H21F2N5O. The van der Waals surface area contributed by atoms with Gasteiger partial charge in [0.25, 0.3) is 0 Å². The number of rotatable bonds is 6. The van der Waals surface area contributed by atoms with Crippen molar-refractivity contribution >= 4 is 29.2 Å². The van der Waals surface area contributed by atoms with Gasteiger partial charge in [-0.3, -0.25) is 0 Å². The quantitative estimate of drug-likeness (QED) is 0.366. The SMILES string of the molecule is CC(Nc1nccc(N(C(=O)Nc2cccc(F)c2)c2ccccc2F)n1)c1ccccc1. The third-order valence-electron chi connectivity index (χ3n) is 4.89. The van der Waals surface area contributed by atoms with Crippen LogP contribution in [0.2, 0.25) is 0 Å². The van der Waals surface area contributed by atoms with Crippen LogP contribution < -0.4 is 15.5 Å². The van der Waals surface area contributed by atoms with Gasteiger partial charge in [-0.05, 0) is 42.8 Å². The van der Waals surface area contributed by atoms with Crippen LogP contribution in [-0.2, 0) is 0 Å². The summed E-state index contributed by atoms with van der Waals surface area (Å²) in [6.07, 6.45) is 1.48. The van der Waals surface area contributed by atoms with E-state index in [-0.39, 0.29) is 29.2 Å². The topological polar surface area (TPSA) is 70.2 Å². The maximum atomic E-state index is 14.7. The van der Waals surface area contributed by atoms with Crippen molar-refractivity contribution in [1.82, 2.24) is 9.97 Å². The first-order valence-corrected chi connectivity index (χ1v) is 10.3. The van der Waals surface area contributed by atoms with Crippen molar-refractivity contribution < 1.29 is 13.6 Å². The molecule has 2 N–H and O–H groups in total. The lowest BCUT2D eigenvalue weighted by molar-refractivity contribution is 0.258. The number of benzene rings is 3. The number of anilines is 4. The van der Waals surface area contributed by atoms with E-state index >= 15 is 0 Å². The lowest BCUT2D eigenvalue weighted by Crippen LogP contribution is -2.32. The minimum Gasteiger partial charge on any atom is -0.348 e. The Morgan fingerprint density at radius 3 is 2.45 bits per heavy atom. The van der Waals surface area contributed by atoms with Gasteiger partial charge in [0.05, 0.1) is 11.7 Å². The standard InChI is InChI=1S/C25H21F2N5O/c1-17(18-8-3-2-4-9-18)29-24-28-15-14-23(31-24)32(22-13-6-5-12-21(22)27)25(33)30-20-11-7-10-19(26)16-20/h2-17H,1H3,(H,30,33)(H,28,29,31). The van der Waals surface area contributed by atoms with Gasteiger partial charge in [-0.1, -0.05) is 48.5 Å². The molecule has 1 aromatic heterocycles. The number of nitrogens with one attached hydrogen (secondary N) is 2. The fraction of sp³-hybridized carbons (Fsp3) is 0.0800. The first-order chi connectivity index (χ1) is 16.0. The number of hydrogen-bond donors (Lipinski definition) is 2. The van der Waals surface area contributed by atoms with Crippen molar-refractivity contribution in [1.29, 1.82) is 0 Å². The van der Waals surface area contributed by atoms with Crippen LogP contribution in [0.5, 0.6) is 0 Å². The predicted molar refractivity (Wildman–Crippen MR) is 124 cm³/mol. The first kappa shape index (κ1) is 21.9. The Kier molecular flexibility index (Phi) is 6.54. The molecule has 1 unspecified atom stereocenters. The lowest BCUT2D eigenvalue weighted by Gasteiger charge is -2.23. The molecule has 0 radical (unpaired) electrons. The summed E-state index contributed by atoms with van der Waals surface area (Å²) in [7, 11) is 0. The third kappa shape index (κ3) is 5.30. The van der Waals surface area contributed by atoms with Gasteiger partial charge in [-0.15, -0.1) is 0 Å². The summed E-state index contributed by atoms with van der Waals surface area (Å²) >= 11 is 0. The molecule has 0 bridgehead atoms. The van der Waals surface area contributed by atoms with Crippen LogP contribution in [0.4, 0.5) is 36.7 Å². The summed E-state index contributed by atoms with van der Waals surface area (Å²) in [6.45, 7) is 1.96. The van der Waals surface area contributed by atoms with E-state index in [0.717, 1.165) is 10.5 Å². The van der Waals surface area contributed by atoms with Gasteiger partial charge in [0.15, 0.2) is 0 Å². The Morgan fingerprint density at radius 2 is 1.70 bits per heavy atom. The van der Waals surface area contributed by atoms with Crippen LogP contribution in [0, 0.1) is 11.6 Å². The average Bonchev–Trinajstić information content (AvgIpc) is 2.81. The molecule has 8 heteroatoms. The van der Waals surface area contributed by atoms with E-state index < -0.39 is 17.7 Å². The van der Waals surface area contributed by atoms with Crippen molar-refractivity contribution in [2.24, 2.45) is 0 Å². The van der Waals surface area contributed by atoms with Crippen LogP contribution in [0.25, 0.3) is 0 Å². The zero-order valence-corrected chi connectivity index (χ0v) is 17.7. The number of carbonyl (C=O) groups excluding carboxylic acids is 1. The molecule has 0 aliphatic carbocycles. The normalized spacial score (nSPS) is 11.5. The van der Waals surface area contributed by atoms with E-state index in [1.165, 1.54) is 54.7 Å². The Bertz CT molecular complexity index is 1250. The Hall–Kier alpha value is -4.33. The lowest BCUT2D eigenvalue weighted by atomic mass is 10.1. The molecular weight excluding hydrogens is 424 g/mol. The smallest absolute Gasteiger partial charge is 0.332 e. The van der Waals surface area contributed by atoms with E-state index in [0.29, 0.717) is 0 Å². The van der Waals surface area contributed by atoms with Gasteiger partial charge in [-0.2, -0.15) is 4.98 Å². The molecule has 0 saturated heterocycles. The highest BCUT2D eigenvalue weighted by Crippen LogP contribution is 2.28. The second kappa shape index (κ2) is 9.86. The number of amides is 2. The van der Waals surface area contributed by atoms with E-state index in [1.54, 1.807) is 6.07 Å². The molecule has 6 nitrogen and oxygen atoms in total. The summed E-state index contributed by atoms with van der Waals surface area (Å²) in [4.78, 5) is 22.9. The minimum absolute atomic E-state index is 0.00726.